The molecule has 1 atom stereocenters. The third kappa shape index (κ3) is 3.14. The van der Waals surface area contributed by atoms with Crippen LogP contribution in [0.15, 0.2) is 33.2 Å². The van der Waals surface area contributed by atoms with Crippen LogP contribution in [0.5, 0.6) is 0 Å². The van der Waals surface area contributed by atoms with E-state index < -0.39 is 0 Å². The molecule has 1 heterocycles. The summed E-state index contributed by atoms with van der Waals surface area (Å²) in [5.74, 6) is 0. The quantitative estimate of drug-likeness (QED) is 0.531. The monoisotopic (exact) mass is 392 g/mol. The predicted molar refractivity (Wildman–Crippen MR) is 83.3 cm³/mol. The first kappa shape index (κ1) is 13.6. The number of hydrogen-bond donors (Lipinski definition) is 0. The first-order chi connectivity index (χ1) is 7.97. The molecule has 90 valence electrons. The van der Waals surface area contributed by atoms with Crippen molar-refractivity contribution in [3.63, 3.8) is 0 Å². The van der Waals surface area contributed by atoms with E-state index in [4.69, 9.17) is 11.6 Å². The smallest absolute Gasteiger partial charge is 0.0928 e. The Morgan fingerprint density at radius 1 is 1.12 bits per heavy atom. The van der Waals surface area contributed by atoms with Crippen molar-refractivity contribution in [3.05, 3.63) is 54.1 Å². The third-order valence-corrected chi connectivity index (χ3v) is 5.76. The summed E-state index contributed by atoms with van der Waals surface area (Å²) >= 11 is 15.3. The number of rotatable bonds is 2. The van der Waals surface area contributed by atoms with Crippen molar-refractivity contribution in [1.82, 2.24) is 0 Å². The molecule has 1 aromatic carbocycles. The van der Waals surface area contributed by atoms with E-state index in [-0.39, 0.29) is 5.38 Å². The SMILES string of the molecule is Cc1cc(Br)cc(C(Cl)c2cc(Br)c(C)s2)c1. The average molecular weight is 395 g/mol. The summed E-state index contributed by atoms with van der Waals surface area (Å²) in [5, 5.41) is -0.0822. The highest BCUT2D eigenvalue weighted by atomic mass is 79.9. The molecule has 0 aliphatic rings. The van der Waals surface area contributed by atoms with Crippen LogP contribution < -0.4 is 0 Å². The van der Waals surface area contributed by atoms with Crippen molar-refractivity contribution < 1.29 is 0 Å². The van der Waals surface area contributed by atoms with Gasteiger partial charge in [0.15, 0.2) is 0 Å². The average Bonchev–Trinajstić information content (AvgIpc) is 2.57. The van der Waals surface area contributed by atoms with Crippen molar-refractivity contribution >= 4 is 54.8 Å². The number of halogens is 3. The maximum absolute atomic E-state index is 6.53. The van der Waals surface area contributed by atoms with Crippen LogP contribution in [0.1, 0.15) is 26.3 Å². The van der Waals surface area contributed by atoms with E-state index in [1.54, 1.807) is 11.3 Å². The molecular formula is C13H11Br2ClS. The first-order valence-electron chi connectivity index (χ1n) is 5.14. The van der Waals surface area contributed by atoms with Crippen molar-refractivity contribution in [1.29, 1.82) is 0 Å². The van der Waals surface area contributed by atoms with E-state index in [1.165, 1.54) is 15.3 Å². The minimum Gasteiger partial charge on any atom is -0.143 e. The largest absolute Gasteiger partial charge is 0.143 e. The summed E-state index contributed by atoms with van der Waals surface area (Å²) < 4.78 is 2.21. The maximum atomic E-state index is 6.53. The van der Waals surface area contributed by atoms with Gasteiger partial charge in [-0.25, -0.2) is 0 Å². The van der Waals surface area contributed by atoms with E-state index in [9.17, 15) is 0 Å². The molecule has 0 nitrogen and oxygen atoms in total. The van der Waals surface area contributed by atoms with Gasteiger partial charge in [0.2, 0.25) is 0 Å². The standard InChI is InChI=1S/C13H11Br2ClS/c1-7-3-9(5-10(14)4-7)13(16)12-6-11(15)8(2)17-12/h3-6,13H,1-2H3. The first-order valence-corrected chi connectivity index (χ1v) is 7.98. The number of alkyl halides is 1. The van der Waals surface area contributed by atoms with Crippen LogP contribution in [-0.2, 0) is 0 Å². The predicted octanol–water partition coefficient (Wildman–Crippen LogP) is 6.22. The van der Waals surface area contributed by atoms with E-state index in [2.05, 4.69) is 70.0 Å². The van der Waals surface area contributed by atoms with Gasteiger partial charge in [0.1, 0.15) is 0 Å². The van der Waals surface area contributed by atoms with Crippen LogP contribution >= 0.6 is 54.8 Å². The lowest BCUT2D eigenvalue weighted by molar-refractivity contribution is 1.17. The minimum atomic E-state index is -0.0822. The Morgan fingerprint density at radius 2 is 1.82 bits per heavy atom. The molecule has 17 heavy (non-hydrogen) atoms. The van der Waals surface area contributed by atoms with Gasteiger partial charge >= 0.3 is 0 Å². The Labute approximate surface area is 127 Å². The van der Waals surface area contributed by atoms with E-state index in [0.717, 1.165) is 14.5 Å². The molecule has 0 aliphatic heterocycles. The van der Waals surface area contributed by atoms with Crippen molar-refractivity contribution in [2.24, 2.45) is 0 Å². The lowest BCUT2D eigenvalue weighted by Crippen LogP contribution is -1.91. The van der Waals surface area contributed by atoms with Crippen LogP contribution in [0.4, 0.5) is 0 Å². The maximum Gasteiger partial charge on any atom is 0.0928 e. The van der Waals surface area contributed by atoms with Gasteiger partial charge in [0.05, 0.1) is 5.38 Å². The number of benzene rings is 1. The van der Waals surface area contributed by atoms with Gasteiger partial charge in [-0.3, -0.25) is 0 Å². The van der Waals surface area contributed by atoms with Gasteiger partial charge in [0.25, 0.3) is 0 Å². The fourth-order valence-electron chi connectivity index (χ4n) is 1.68. The van der Waals surface area contributed by atoms with Gasteiger partial charge in [-0.1, -0.05) is 22.0 Å². The Kier molecular flexibility index (Phi) is 4.35. The third-order valence-electron chi connectivity index (χ3n) is 2.48. The summed E-state index contributed by atoms with van der Waals surface area (Å²) in [4.78, 5) is 2.44. The van der Waals surface area contributed by atoms with Crippen LogP contribution in [0, 0.1) is 13.8 Å². The minimum absolute atomic E-state index is 0.0822. The van der Waals surface area contributed by atoms with E-state index in [1.807, 2.05) is 0 Å². The lowest BCUT2D eigenvalue weighted by Gasteiger charge is -2.09. The molecule has 0 fully saturated rings. The van der Waals surface area contributed by atoms with Crippen LogP contribution in [-0.4, -0.2) is 0 Å². The summed E-state index contributed by atoms with van der Waals surface area (Å²) in [7, 11) is 0. The highest BCUT2D eigenvalue weighted by Gasteiger charge is 2.15. The molecule has 2 aromatic rings. The summed E-state index contributed by atoms with van der Waals surface area (Å²) in [6.45, 7) is 4.17. The second-order valence-electron chi connectivity index (χ2n) is 3.98. The number of thiophene rings is 1. The Bertz CT molecular complexity index is 509. The van der Waals surface area contributed by atoms with Crippen LogP contribution in [0.25, 0.3) is 0 Å². The molecule has 0 saturated carbocycles. The van der Waals surface area contributed by atoms with E-state index in [0.29, 0.717) is 0 Å². The van der Waals surface area contributed by atoms with Crippen molar-refractivity contribution in [2.45, 2.75) is 19.2 Å². The van der Waals surface area contributed by atoms with Crippen LogP contribution in [0.2, 0.25) is 0 Å². The zero-order valence-electron chi connectivity index (χ0n) is 9.43. The molecule has 1 unspecified atom stereocenters. The number of hydrogen-bond acceptors (Lipinski definition) is 1. The second kappa shape index (κ2) is 5.43. The normalized spacial score (nSPS) is 12.8. The van der Waals surface area contributed by atoms with Gasteiger partial charge in [-0.2, -0.15) is 0 Å². The fraction of sp³-hybridized carbons (Fsp3) is 0.231. The topological polar surface area (TPSA) is 0 Å². The van der Waals surface area contributed by atoms with Gasteiger partial charge in [0, 0.05) is 18.7 Å². The molecule has 0 saturated heterocycles. The van der Waals surface area contributed by atoms with Crippen molar-refractivity contribution in [2.75, 3.05) is 0 Å². The Hall–Kier alpha value is 0.170. The van der Waals surface area contributed by atoms with Gasteiger partial charge in [-0.15, -0.1) is 22.9 Å². The lowest BCUT2D eigenvalue weighted by atomic mass is 10.1. The highest BCUT2D eigenvalue weighted by Crippen LogP contribution is 2.38. The molecule has 0 bridgehead atoms. The van der Waals surface area contributed by atoms with Crippen molar-refractivity contribution in [3.8, 4) is 0 Å². The Morgan fingerprint density at radius 3 is 2.35 bits per heavy atom. The summed E-state index contributed by atoms with van der Waals surface area (Å²) in [6, 6.07) is 8.40. The summed E-state index contributed by atoms with van der Waals surface area (Å²) in [5.41, 5.74) is 2.35. The fourth-order valence-corrected chi connectivity index (χ4v) is 4.20. The molecule has 0 aliphatic carbocycles. The van der Waals surface area contributed by atoms with Gasteiger partial charge in [-0.05, 0) is 59.1 Å². The molecule has 0 spiro atoms. The molecular weight excluding hydrogens is 383 g/mol. The zero-order chi connectivity index (χ0) is 12.6. The molecule has 2 rings (SSSR count). The second-order valence-corrected chi connectivity index (χ2v) is 7.47. The molecule has 0 radical (unpaired) electrons. The Balaban J connectivity index is 2.39. The summed E-state index contributed by atoms with van der Waals surface area (Å²) in [6.07, 6.45) is 0. The zero-order valence-corrected chi connectivity index (χ0v) is 14.2. The van der Waals surface area contributed by atoms with E-state index >= 15 is 0 Å². The van der Waals surface area contributed by atoms with Crippen LogP contribution in [0.3, 0.4) is 0 Å². The molecule has 0 N–H and O–H groups in total. The molecule has 1 aromatic heterocycles. The number of aryl methyl sites for hydroxylation is 2. The molecule has 0 amide bonds. The highest BCUT2D eigenvalue weighted by molar-refractivity contribution is 9.10. The molecule has 4 heteroatoms. The van der Waals surface area contributed by atoms with Gasteiger partial charge < -0.3 is 0 Å².